The summed E-state index contributed by atoms with van der Waals surface area (Å²) in [4.78, 5) is 9.46. The molecular weight excluding hydrogens is 142 g/mol. The van der Waals surface area contributed by atoms with Crippen LogP contribution in [0, 0.1) is 0 Å². The minimum Gasteiger partial charge on any atom is -0.566 e. The zero-order chi connectivity index (χ0) is 5.70. The summed E-state index contributed by atoms with van der Waals surface area (Å²) >= 11 is 0. The number of hydrogen-bond donors (Lipinski definition) is 1. The van der Waals surface area contributed by atoms with Crippen molar-refractivity contribution in [2.45, 2.75) is 0 Å². The molecule has 0 heterocycles. The summed E-state index contributed by atoms with van der Waals surface area (Å²) in [6, 6.07) is 0. The van der Waals surface area contributed by atoms with Crippen LogP contribution in [0.3, 0.4) is 0 Å². The number of hydrogen-bond acceptors (Lipinski definition) is 4. The van der Waals surface area contributed by atoms with Crippen molar-refractivity contribution in [3.05, 3.63) is 0 Å². The van der Waals surface area contributed by atoms with Gasteiger partial charge in [-0.05, 0) is 4.57 Å². The van der Waals surface area contributed by atoms with Crippen LogP contribution >= 0.6 is 8.25 Å². The molecule has 0 aromatic rings. The van der Waals surface area contributed by atoms with Crippen LogP contribution in [-0.2, 0) is 9.09 Å². The van der Waals surface area contributed by atoms with Gasteiger partial charge in [0.1, 0.15) is 6.61 Å². The van der Waals surface area contributed by atoms with Crippen molar-refractivity contribution in [2.24, 2.45) is 0 Å². The molecule has 0 fully saturated rings. The topological polar surface area (TPSA) is 69.6 Å². The van der Waals surface area contributed by atoms with E-state index in [0.29, 0.717) is 0 Å². The Morgan fingerprint density at radius 3 is 2.38 bits per heavy atom. The minimum atomic E-state index is -2.77. The second-order valence-corrected chi connectivity index (χ2v) is 1.49. The molecule has 0 rings (SSSR count). The van der Waals surface area contributed by atoms with E-state index in [1.165, 1.54) is 0 Å². The normalized spacial score (nSPS) is 10.0. The smallest absolute Gasteiger partial charge is 0.566 e. The first-order chi connectivity index (χ1) is 3.27. The maximum Gasteiger partial charge on any atom is 1.00 e. The first kappa shape index (κ1) is 11.7. The van der Waals surface area contributed by atoms with Gasteiger partial charge in [-0.25, -0.2) is 0 Å². The van der Waals surface area contributed by atoms with Gasteiger partial charge in [0.2, 0.25) is 0 Å². The predicted molar refractivity (Wildman–Crippen MR) is 20.6 cm³/mol. The molecule has 1 atom stereocenters. The molecule has 0 saturated heterocycles. The molecule has 0 aromatic carbocycles. The molecular formula is C2H5NaO4P+. The molecule has 0 amide bonds. The van der Waals surface area contributed by atoms with E-state index in [1.807, 2.05) is 0 Å². The van der Waals surface area contributed by atoms with Gasteiger partial charge in [-0.1, -0.05) is 0 Å². The molecule has 0 aliphatic heterocycles. The van der Waals surface area contributed by atoms with E-state index in [0.717, 1.165) is 0 Å². The van der Waals surface area contributed by atoms with Gasteiger partial charge in [0.25, 0.3) is 0 Å². The second-order valence-electron chi connectivity index (χ2n) is 0.780. The Morgan fingerprint density at radius 2 is 2.25 bits per heavy atom. The molecule has 0 spiro atoms. The van der Waals surface area contributed by atoms with Gasteiger partial charge in [0.05, 0.1) is 6.61 Å². The molecule has 0 saturated carbocycles. The molecule has 42 valence electrons. The van der Waals surface area contributed by atoms with Gasteiger partial charge in [-0.15, -0.1) is 4.52 Å². The summed E-state index contributed by atoms with van der Waals surface area (Å²) in [7, 11) is -2.77. The standard InChI is InChI=1S/C2H5O4P.Na/c3-1-2-6-7(4)5;/h3H,1-2H2;/q;+1. The van der Waals surface area contributed by atoms with Crippen molar-refractivity contribution >= 4 is 8.25 Å². The first-order valence-electron chi connectivity index (χ1n) is 1.65. The Labute approximate surface area is 70.1 Å². The molecule has 0 radical (unpaired) electrons. The fraction of sp³-hybridized carbons (Fsp3) is 1.00. The monoisotopic (exact) mass is 147 g/mol. The van der Waals surface area contributed by atoms with Gasteiger partial charge in [-0.3, -0.25) is 0 Å². The van der Waals surface area contributed by atoms with Crippen LogP contribution in [0.15, 0.2) is 0 Å². The summed E-state index contributed by atoms with van der Waals surface area (Å²) < 4.78 is 13.4. The quantitative estimate of drug-likeness (QED) is 0.326. The Morgan fingerprint density at radius 1 is 1.75 bits per heavy atom. The third-order valence-corrected chi connectivity index (χ3v) is 0.681. The van der Waals surface area contributed by atoms with E-state index in [1.54, 1.807) is 0 Å². The molecule has 0 aliphatic rings. The molecule has 0 aromatic heterocycles. The average Bonchev–Trinajstić information content (AvgIpc) is 1.61. The van der Waals surface area contributed by atoms with Crippen LogP contribution in [0.1, 0.15) is 0 Å². The fourth-order valence-corrected chi connectivity index (χ4v) is 0.346. The van der Waals surface area contributed by atoms with Crippen molar-refractivity contribution in [1.29, 1.82) is 0 Å². The molecule has 0 bridgehead atoms. The number of rotatable bonds is 3. The largest absolute Gasteiger partial charge is 1.00 e. The summed E-state index contributed by atoms with van der Waals surface area (Å²) in [5, 5.41) is 7.92. The van der Waals surface area contributed by atoms with E-state index in [2.05, 4.69) is 4.52 Å². The molecule has 1 N–H and O–H groups in total. The molecule has 8 heavy (non-hydrogen) atoms. The van der Waals surface area contributed by atoms with Crippen LogP contribution in [0.25, 0.3) is 0 Å². The summed E-state index contributed by atoms with van der Waals surface area (Å²) in [6.07, 6.45) is 0. The van der Waals surface area contributed by atoms with Crippen LogP contribution in [0.2, 0.25) is 0 Å². The minimum absolute atomic E-state index is 0. The second kappa shape index (κ2) is 7.98. The van der Waals surface area contributed by atoms with Crippen LogP contribution < -0.4 is 34.5 Å². The SMILES string of the molecule is O=[P+]([O-])OCCO.[Na+]. The van der Waals surface area contributed by atoms with Crippen molar-refractivity contribution in [3.8, 4) is 0 Å². The predicted octanol–water partition coefficient (Wildman–Crippen LogP) is -3.98. The summed E-state index contributed by atoms with van der Waals surface area (Å²) in [5.41, 5.74) is 0. The van der Waals surface area contributed by atoms with Gasteiger partial charge in [-0.2, -0.15) is 0 Å². The van der Waals surface area contributed by atoms with Crippen LogP contribution in [0.5, 0.6) is 0 Å². The van der Waals surface area contributed by atoms with Crippen molar-refractivity contribution in [1.82, 2.24) is 0 Å². The first-order valence-corrected chi connectivity index (χ1v) is 2.75. The molecule has 4 nitrogen and oxygen atoms in total. The Kier molecular flexibility index (Phi) is 11.7. The number of aliphatic hydroxyl groups excluding tert-OH is 1. The van der Waals surface area contributed by atoms with E-state index >= 15 is 0 Å². The third-order valence-electron chi connectivity index (χ3n) is 0.288. The zero-order valence-electron chi connectivity index (χ0n) is 4.53. The molecule has 6 heteroatoms. The van der Waals surface area contributed by atoms with Crippen molar-refractivity contribution in [2.75, 3.05) is 13.2 Å². The Bertz CT molecular complexity index is 67.1. The van der Waals surface area contributed by atoms with E-state index in [9.17, 15) is 9.46 Å². The van der Waals surface area contributed by atoms with Crippen molar-refractivity contribution in [3.63, 3.8) is 0 Å². The Hall–Kier alpha value is 0.980. The van der Waals surface area contributed by atoms with Crippen molar-refractivity contribution < 1.29 is 48.6 Å². The third kappa shape index (κ3) is 10.1. The maximum atomic E-state index is 9.46. The van der Waals surface area contributed by atoms with Gasteiger partial charge in [0, 0.05) is 0 Å². The summed E-state index contributed by atoms with van der Waals surface area (Å²) in [5.74, 6) is 0. The maximum absolute atomic E-state index is 9.46. The van der Waals surface area contributed by atoms with E-state index < -0.39 is 8.25 Å². The Balaban J connectivity index is 0. The molecule has 0 aliphatic carbocycles. The van der Waals surface area contributed by atoms with E-state index in [-0.39, 0.29) is 42.8 Å². The van der Waals surface area contributed by atoms with Crippen LogP contribution in [0.4, 0.5) is 0 Å². The fourth-order valence-electron chi connectivity index (χ4n) is 0.115. The van der Waals surface area contributed by atoms with Gasteiger partial charge < -0.3 is 10.00 Å². The number of aliphatic hydroxyl groups is 1. The summed E-state index contributed by atoms with van der Waals surface area (Å²) in [6.45, 7) is -0.401. The van der Waals surface area contributed by atoms with Crippen LogP contribution in [-0.4, -0.2) is 18.3 Å². The molecule has 1 unspecified atom stereocenters. The van der Waals surface area contributed by atoms with Gasteiger partial charge >= 0.3 is 37.8 Å². The van der Waals surface area contributed by atoms with E-state index in [4.69, 9.17) is 5.11 Å². The average molecular weight is 147 g/mol. The zero-order valence-corrected chi connectivity index (χ0v) is 7.43. The van der Waals surface area contributed by atoms with Gasteiger partial charge in [0.15, 0.2) is 0 Å².